The number of amides is 2. The van der Waals surface area contributed by atoms with Gasteiger partial charge in [0.05, 0.1) is 26.4 Å². The molecule has 4 N–H and O–H groups in total. The summed E-state index contributed by atoms with van der Waals surface area (Å²) in [6.45, 7) is 1.96. The number of carbonyl (C=O) groups is 1. The SMILES string of the molecule is CCCNS(=O)(=O)c1c(Cl)ccc(NC(=O)Nc2cccc(Cl)c2Cl)c1O. The standard InChI is InChI=1S/C16H16Cl3N3O4S/c1-2-8-20-27(25,26)15-10(18)6-7-12(14(15)23)22-16(24)21-11-5-3-4-9(17)13(11)19/h3-7,20,23H,2,8H2,1H3,(H2,21,22,24). The first kappa shape index (κ1) is 21.6. The highest BCUT2D eigenvalue weighted by atomic mass is 35.5. The third-order valence-electron chi connectivity index (χ3n) is 3.34. The molecule has 27 heavy (non-hydrogen) atoms. The maximum atomic E-state index is 12.3. The van der Waals surface area contributed by atoms with Crippen molar-refractivity contribution < 1.29 is 18.3 Å². The zero-order valence-corrected chi connectivity index (χ0v) is 17.1. The zero-order valence-electron chi connectivity index (χ0n) is 14.0. The van der Waals surface area contributed by atoms with Crippen LogP contribution in [0.4, 0.5) is 16.2 Å². The number of carbonyl (C=O) groups excluding carboxylic acids is 1. The Morgan fingerprint density at radius 3 is 2.37 bits per heavy atom. The number of hydrogen-bond acceptors (Lipinski definition) is 4. The van der Waals surface area contributed by atoms with Crippen LogP contribution in [0.2, 0.25) is 15.1 Å². The predicted octanol–water partition coefficient (Wildman–Crippen LogP) is 4.68. The molecule has 7 nitrogen and oxygen atoms in total. The number of sulfonamides is 1. The molecule has 0 bridgehead atoms. The number of urea groups is 1. The van der Waals surface area contributed by atoms with Crippen LogP contribution in [-0.4, -0.2) is 26.1 Å². The molecule has 0 aliphatic rings. The van der Waals surface area contributed by atoms with E-state index in [2.05, 4.69) is 15.4 Å². The summed E-state index contributed by atoms with van der Waals surface area (Å²) in [4.78, 5) is 11.7. The molecule has 0 atom stereocenters. The molecular formula is C16H16Cl3N3O4S. The van der Waals surface area contributed by atoms with Crippen LogP contribution < -0.4 is 15.4 Å². The summed E-state index contributed by atoms with van der Waals surface area (Å²) in [5, 5.41) is 15.3. The van der Waals surface area contributed by atoms with Gasteiger partial charge in [-0.25, -0.2) is 17.9 Å². The molecule has 0 radical (unpaired) electrons. The molecule has 2 aromatic rings. The molecule has 146 valence electrons. The smallest absolute Gasteiger partial charge is 0.323 e. The molecular weight excluding hydrogens is 437 g/mol. The molecule has 0 heterocycles. The van der Waals surface area contributed by atoms with Crippen LogP contribution in [0, 0.1) is 0 Å². The Bertz CT molecular complexity index is 968. The topological polar surface area (TPSA) is 108 Å². The van der Waals surface area contributed by atoms with E-state index in [1.807, 2.05) is 0 Å². The van der Waals surface area contributed by atoms with Crippen molar-refractivity contribution in [2.24, 2.45) is 0 Å². The minimum Gasteiger partial charge on any atom is -0.504 e. The first-order valence-corrected chi connectivity index (χ1v) is 10.3. The van der Waals surface area contributed by atoms with Gasteiger partial charge in [-0.3, -0.25) is 0 Å². The molecule has 0 spiro atoms. The fourth-order valence-corrected chi connectivity index (χ4v) is 4.20. The highest BCUT2D eigenvalue weighted by Gasteiger charge is 2.25. The maximum absolute atomic E-state index is 12.3. The van der Waals surface area contributed by atoms with Crippen molar-refractivity contribution in [3.8, 4) is 5.75 Å². The van der Waals surface area contributed by atoms with E-state index >= 15 is 0 Å². The second-order valence-electron chi connectivity index (χ2n) is 5.35. The highest BCUT2D eigenvalue weighted by Crippen LogP contribution is 2.37. The monoisotopic (exact) mass is 451 g/mol. The quantitative estimate of drug-likeness (QED) is 0.477. The lowest BCUT2D eigenvalue weighted by molar-refractivity contribution is 0.262. The van der Waals surface area contributed by atoms with Gasteiger partial charge in [-0.05, 0) is 30.7 Å². The third-order valence-corrected chi connectivity index (χ3v) is 6.12. The van der Waals surface area contributed by atoms with Gasteiger partial charge >= 0.3 is 6.03 Å². The number of anilines is 2. The Balaban J connectivity index is 2.28. The molecule has 0 aliphatic carbocycles. The Morgan fingerprint density at radius 2 is 1.70 bits per heavy atom. The second-order valence-corrected chi connectivity index (χ2v) is 8.25. The van der Waals surface area contributed by atoms with Crippen LogP contribution in [0.3, 0.4) is 0 Å². The van der Waals surface area contributed by atoms with Gasteiger partial charge in [0.25, 0.3) is 0 Å². The van der Waals surface area contributed by atoms with E-state index in [9.17, 15) is 18.3 Å². The normalized spacial score (nSPS) is 11.3. The molecule has 0 saturated heterocycles. The van der Waals surface area contributed by atoms with Crippen molar-refractivity contribution in [3.05, 3.63) is 45.4 Å². The molecule has 0 saturated carbocycles. The minimum absolute atomic E-state index is 0.140. The lowest BCUT2D eigenvalue weighted by atomic mass is 10.3. The minimum atomic E-state index is -4.06. The lowest BCUT2D eigenvalue weighted by Crippen LogP contribution is -2.25. The first-order valence-electron chi connectivity index (χ1n) is 7.70. The van der Waals surface area contributed by atoms with E-state index in [4.69, 9.17) is 34.8 Å². The lowest BCUT2D eigenvalue weighted by Gasteiger charge is -2.14. The van der Waals surface area contributed by atoms with Gasteiger partial charge in [-0.2, -0.15) is 0 Å². The average molecular weight is 453 g/mol. The zero-order chi connectivity index (χ0) is 20.2. The molecule has 11 heteroatoms. The summed E-state index contributed by atoms with van der Waals surface area (Å²) in [5.74, 6) is -0.682. The molecule has 2 aromatic carbocycles. The molecule has 0 aliphatic heterocycles. The van der Waals surface area contributed by atoms with Crippen molar-refractivity contribution >= 4 is 62.2 Å². The number of rotatable bonds is 6. The van der Waals surface area contributed by atoms with E-state index in [0.29, 0.717) is 6.42 Å². The summed E-state index contributed by atoms with van der Waals surface area (Å²) in [6, 6.07) is 6.44. The van der Waals surface area contributed by atoms with Crippen LogP contribution in [0.25, 0.3) is 0 Å². The number of phenolic OH excluding ortho intramolecular Hbond substituents is 1. The summed E-state index contributed by atoms with van der Waals surface area (Å²) in [6.07, 6.45) is 0.554. The largest absolute Gasteiger partial charge is 0.504 e. The summed E-state index contributed by atoms with van der Waals surface area (Å²) < 4.78 is 27.0. The molecule has 2 amide bonds. The fourth-order valence-electron chi connectivity index (χ4n) is 2.09. The first-order chi connectivity index (χ1) is 12.7. The van der Waals surface area contributed by atoms with Gasteiger partial charge in [-0.15, -0.1) is 0 Å². The Kier molecular flexibility index (Phi) is 7.19. The number of benzene rings is 2. The van der Waals surface area contributed by atoms with Gasteiger partial charge in [0, 0.05) is 6.54 Å². The van der Waals surface area contributed by atoms with Crippen molar-refractivity contribution in [2.45, 2.75) is 18.2 Å². The number of nitrogens with one attached hydrogen (secondary N) is 3. The Labute approximate surface area is 171 Å². The van der Waals surface area contributed by atoms with E-state index in [1.54, 1.807) is 19.1 Å². The van der Waals surface area contributed by atoms with Gasteiger partial charge in [0.1, 0.15) is 4.90 Å². The van der Waals surface area contributed by atoms with Crippen molar-refractivity contribution in [3.63, 3.8) is 0 Å². The number of hydrogen-bond donors (Lipinski definition) is 4. The number of aromatic hydroxyl groups is 1. The summed E-state index contributed by atoms with van der Waals surface area (Å²) in [5.41, 5.74) is 0.0968. The van der Waals surface area contributed by atoms with E-state index in [0.717, 1.165) is 0 Å². The summed E-state index contributed by atoms with van der Waals surface area (Å²) >= 11 is 17.8. The molecule has 0 fully saturated rings. The van der Waals surface area contributed by atoms with Crippen LogP contribution in [-0.2, 0) is 10.0 Å². The van der Waals surface area contributed by atoms with Crippen LogP contribution >= 0.6 is 34.8 Å². The van der Waals surface area contributed by atoms with E-state index < -0.39 is 26.7 Å². The number of halogens is 3. The molecule has 2 rings (SSSR count). The second kappa shape index (κ2) is 8.99. The Hall–Kier alpha value is -1.71. The van der Waals surface area contributed by atoms with Gasteiger partial charge < -0.3 is 15.7 Å². The van der Waals surface area contributed by atoms with Crippen LogP contribution in [0.1, 0.15) is 13.3 Å². The van der Waals surface area contributed by atoms with E-state index in [-0.39, 0.29) is 33.0 Å². The van der Waals surface area contributed by atoms with Crippen molar-refractivity contribution in [1.29, 1.82) is 0 Å². The third kappa shape index (κ3) is 5.18. The van der Waals surface area contributed by atoms with Gasteiger partial charge in [-0.1, -0.05) is 47.8 Å². The Morgan fingerprint density at radius 1 is 1.04 bits per heavy atom. The van der Waals surface area contributed by atoms with Crippen molar-refractivity contribution in [2.75, 3.05) is 17.2 Å². The van der Waals surface area contributed by atoms with Gasteiger partial charge in [0.15, 0.2) is 5.75 Å². The average Bonchev–Trinajstić information content (AvgIpc) is 2.59. The number of phenols is 1. The van der Waals surface area contributed by atoms with Gasteiger partial charge in [0.2, 0.25) is 10.0 Å². The maximum Gasteiger partial charge on any atom is 0.323 e. The van der Waals surface area contributed by atoms with Crippen LogP contribution in [0.15, 0.2) is 35.2 Å². The van der Waals surface area contributed by atoms with E-state index in [1.165, 1.54) is 18.2 Å². The molecule has 0 unspecified atom stereocenters. The van der Waals surface area contributed by atoms with Crippen LogP contribution in [0.5, 0.6) is 5.75 Å². The predicted molar refractivity (Wildman–Crippen MR) is 108 cm³/mol. The summed E-state index contributed by atoms with van der Waals surface area (Å²) in [7, 11) is -4.06. The highest BCUT2D eigenvalue weighted by molar-refractivity contribution is 7.89. The fraction of sp³-hybridized carbons (Fsp3) is 0.188. The molecule has 0 aromatic heterocycles. The van der Waals surface area contributed by atoms with Crippen molar-refractivity contribution in [1.82, 2.24) is 4.72 Å².